The van der Waals surface area contributed by atoms with Gasteiger partial charge in [-0.05, 0) is 70.6 Å². The zero-order valence-electron chi connectivity index (χ0n) is 39.1. The fraction of sp³-hybridized carbons (Fsp3) is 0.712. The van der Waals surface area contributed by atoms with Crippen LogP contribution in [0.1, 0.15) is 187 Å². The largest absolute Gasteiger partial charge is 0.477 e. The van der Waals surface area contributed by atoms with Crippen molar-refractivity contribution in [1.29, 1.82) is 0 Å². The molecule has 0 spiro atoms. The summed E-state index contributed by atoms with van der Waals surface area (Å²) in [5.74, 6) is -1.58. The number of hydrogen-bond donors (Lipinski definition) is 1. The van der Waals surface area contributed by atoms with E-state index in [1.165, 1.54) is 96.3 Å². The molecular weight excluding hydrogens is 751 g/mol. The summed E-state index contributed by atoms with van der Waals surface area (Å²) in [4.78, 5) is 37.0. The van der Waals surface area contributed by atoms with Crippen molar-refractivity contribution < 1.29 is 38.2 Å². The number of carboxylic acids is 1. The molecule has 0 aliphatic rings. The normalized spacial score (nSPS) is 13.6. The molecule has 0 aliphatic carbocycles. The SMILES string of the molecule is CC/C=C\C/C=C\C/C=C\C/C=C\CCC(=O)OC(COCCC(C(=O)O)[N+](C)(C)C)COC(=O)CCCCCCCCCCCCC/C=C\C/C=C\CCCCCCC. The molecule has 0 saturated carbocycles. The Labute approximate surface area is 368 Å². The molecule has 0 saturated heterocycles. The minimum Gasteiger partial charge on any atom is -0.477 e. The Hall–Kier alpha value is -3.23. The van der Waals surface area contributed by atoms with E-state index in [-0.39, 0.29) is 42.7 Å². The van der Waals surface area contributed by atoms with Crippen molar-refractivity contribution in [3.05, 3.63) is 72.9 Å². The van der Waals surface area contributed by atoms with Crippen molar-refractivity contribution >= 4 is 17.9 Å². The zero-order valence-corrected chi connectivity index (χ0v) is 39.1. The number of hydrogen-bond acceptors (Lipinski definition) is 6. The Morgan fingerprint density at radius 1 is 0.517 bits per heavy atom. The second-order valence-electron chi connectivity index (χ2n) is 17.0. The summed E-state index contributed by atoms with van der Waals surface area (Å²) < 4.78 is 17.2. The van der Waals surface area contributed by atoms with Gasteiger partial charge in [0.25, 0.3) is 0 Å². The lowest BCUT2D eigenvalue weighted by atomic mass is 10.0. The lowest BCUT2D eigenvalue weighted by Gasteiger charge is -2.31. The van der Waals surface area contributed by atoms with Crippen molar-refractivity contribution in [2.24, 2.45) is 0 Å². The molecule has 1 N–H and O–H groups in total. The number of carbonyl (C=O) groups is 3. The number of nitrogens with zero attached hydrogens (tertiary/aromatic N) is 1. The van der Waals surface area contributed by atoms with Gasteiger partial charge in [0.15, 0.2) is 12.1 Å². The molecule has 0 fully saturated rings. The van der Waals surface area contributed by atoms with E-state index in [4.69, 9.17) is 14.2 Å². The Balaban J connectivity index is 4.28. The van der Waals surface area contributed by atoms with E-state index in [9.17, 15) is 19.5 Å². The molecule has 0 aromatic carbocycles. The first-order chi connectivity index (χ1) is 29.1. The minimum absolute atomic E-state index is 0.0290. The molecule has 0 aliphatic heterocycles. The summed E-state index contributed by atoms with van der Waals surface area (Å²) in [6, 6.07) is -0.630. The summed E-state index contributed by atoms with van der Waals surface area (Å²) in [7, 11) is 5.50. The Kier molecular flexibility index (Phi) is 40.2. The number of ether oxygens (including phenoxy) is 3. The van der Waals surface area contributed by atoms with Crippen LogP contribution < -0.4 is 0 Å². The van der Waals surface area contributed by atoms with Crippen LogP contribution in [0.25, 0.3) is 0 Å². The number of carboxylic acid groups (broad SMARTS) is 1. The molecule has 0 rings (SSSR count). The molecule has 0 heterocycles. The van der Waals surface area contributed by atoms with E-state index in [2.05, 4.69) is 74.6 Å². The second-order valence-corrected chi connectivity index (χ2v) is 17.0. The van der Waals surface area contributed by atoms with Crippen LogP contribution in [0.5, 0.6) is 0 Å². The van der Waals surface area contributed by atoms with Gasteiger partial charge in [0.2, 0.25) is 0 Å². The van der Waals surface area contributed by atoms with E-state index in [0.29, 0.717) is 19.3 Å². The molecule has 0 radical (unpaired) electrons. The molecule has 0 aromatic rings. The van der Waals surface area contributed by atoms with Crippen LogP contribution in [0.3, 0.4) is 0 Å². The van der Waals surface area contributed by atoms with Gasteiger partial charge < -0.3 is 23.8 Å². The van der Waals surface area contributed by atoms with Crippen LogP contribution in [0.15, 0.2) is 72.9 Å². The number of quaternary nitrogens is 1. The van der Waals surface area contributed by atoms with Gasteiger partial charge >= 0.3 is 17.9 Å². The highest BCUT2D eigenvalue weighted by Gasteiger charge is 2.31. The highest BCUT2D eigenvalue weighted by molar-refractivity contribution is 5.72. The van der Waals surface area contributed by atoms with Crippen LogP contribution in [0.2, 0.25) is 0 Å². The number of esters is 2. The standard InChI is InChI=1S/C52H89NO7/c1-6-8-10-12-14-16-18-20-21-22-23-24-25-26-27-28-29-31-32-34-36-38-40-42-50(54)59-47-48(46-58-45-44-49(52(56)57)53(3,4)5)60-51(55)43-41-39-37-35-33-30-19-17-15-13-11-9-7-2/h9,11,15,17-18,20,22-23,30,33,37,39,48-49H,6-8,10,12-14,16,19,21,24-29,31-32,34-36,38,40-47H2,1-5H3/p+1/b11-9-,17-15-,20-18-,23-22-,33-30-,39-37-. The van der Waals surface area contributed by atoms with Crippen molar-refractivity contribution in [1.82, 2.24) is 0 Å². The van der Waals surface area contributed by atoms with Gasteiger partial charge in [0.05, 0.1) is 34.4 Å². The molecule has 2 atom stereocenters. The third-order valence-corrected chi connectivity index (χ3v) is 10.4. The average Bonchev–Trinajstić information content (AvgIpc) is 3.21. The van der Waals surface area contributed by atoms with E-state index < -0.39 is 18.1 Å². The minimum atomic E-state index is -0.888. The Morgan fingerprint density at radius 2 is 0.967 bits per heavy atom. The lowest BCUT2D eigenvalue weighted by molar-refractivity contribution is -0.887. The van der Waals surface area contributed by atoms with Crippen molar-refractivity contribution in [3.63, 3.8) is 0 Å². The van der Waals surface area contributed by atoms with E-state index >= 15 is 0 Å². The van der Waals surface area contributed by atoms with Gasteiger partial charge in [0.1, 0.15) is 6.61 Å². The number of unbranched alkanes of at least 4 members (excludes halogenated alkanes) is 16. The van der Waals surface area contributed by atoms with E-state index in [0.717, 1.165) is 51.4 Å². The van der Waals surface area contributed by atoms with Gasteiger partial charge in [-0.1, -0.05) is 170 Å². The predicted molar refractivity (Wildman–Crippen MR) is 252 cm³/mol. The highest BCUT2D eigenvalue weighted by Crippen LogP contribution is 2.14. The molecule has 0 bridgehead atoms. The molecule has 0 amide bonds. The molecule has 2 unspecified atom stereocenters. The molecule has 8 heteroatoms. The third kappa shape index (κ3) is 40.2. The smallest absolute Gasteiger partial charge is 0.362 e. The zero-order chi connectivity index (χ0) is 44.2. The fourth-order valence-electron chi connectivity index (χ4n) is 6.66. The first-order valence-electron chi connectivity index (χ1n) is 24.0. The number of rotatable bonds is 42. The third-order valence-electron chi connectivity index (χ3n) is 10.4. The molecule has 60 heavy (non-hydrogen) atoms. The van der Waals surface area contributed by atoms with Gasteiger partial charge in [0, 0.05) is 19.3 Å². The monoisotopic (exact) mass is 841 g/mol. The maximum Gasteiger partial charge on any atom is 0.362 e. The van der Waals surface area contributed by atoms with Crippen LogP contribution in [-0.4, -0.2) is 80.6 Å². The van der Waals surface area contributed by atoms with Gasteiger partial charge in [-0.15, -0.1) is 0 Å². The molecule has 0 aromatic heterocycles. The maximum absolute atomic E-state index is 12.7. The first kappa shape index (κ1) is 56.8. The fourth-order valence-corrected chi connectivity index (χ4v) is 6.66. The molecule has 8 nitrogen and oxygen atoms in total. The van der Waals surface area contributed by atoms with Gasteiger partial charge in [-0.2, -0.15) is 0 Å². The topological polar surface area (TPSA) is 99.1 Å². The number of carbonyl (C=O) groups excluding carboxylic acids is 2. The van der Waals surface area contributed by atoms with Crippen LogP contribution in [0, 0.1) is 0 Å². The first-order valence-corrected chi connectivity index (χ1v) is 24.0. The number of aliphatic carboxylic acids is 1. The highest BCUT2D eigenvalue weighted by atomic mass is 16.6. The summed E-state index contributed by atoms with van der Waals surface area (Å²) in [5, 5.41) is 9.62. The quantitative estimate of drug-likeness (QED) is 0.0283. The Bertz CT molecular complexity index is 1210. The van der Waals surface area contributed by atoms with E-state index in [1.807, 2.05) is 33.3 Å². The van der Waals surface area contributed by atoms with Crippen molar-refractivity contribution in [2.75, 3.05) is 41.0 Å². The van der Waals surface area contributed by atoms with E-state index in [1.54, 1.807) is 0 Å². The van der Waals surface area contributed by atoms with Gasteiger partial charge in [-0.3, -0.25) is 9.59 Å². The summed E-state index contributed by atoms with van der Waals surface area (Å²) >= 11 is 0. The lowest BCUT2D eigenvalue weighted by Crippen LogP contribution is -2.50. The van der Waals surface area contributed by atoms with Crippen LogP contribution in [0.4, 0.5) is 0 Å². The maximum atomic E-state index is 12.7. The summed E-state index contributed by atoms with van der Waals surface area (Å²) in [6.07, 6.45) is 54.0. The van der Waals surface area contributed by atoms with Crippen LogP contribution >= 0.6 is 0 Å². The van der Waals surface area contributed by atoms with Gasteiger partial charge in [-0.25, -0.2) is 4.79 Å². The Morgan fingerprint density at radius 3 is 1.45 bits per heavy atom. The van der Waals surface area contributed by atoms with Crippen LogP contribution in [-0.2, 0) is 28.6 Å². The number of allylic oxidation sites excluding steroid dienone is 12. The van der Waals surface area contributed by atoms with Crippen molar-refractivity contribution in [3.8, 4) is 0 Å². The molecular formula is C52H90NO7+. The summed E-state index contributed by atoms with van der Waals surface area (Å²) in [5.41, 5.74) is 0. The second kappa shape index (κ2) is 42.5. The van der Waals surface area contributed by atoms with Crippen molar-refractivity contribution in [2.45, 2.75) is 199 Å². The summed E-state index contributed by atoms with van der Waals surface area (Å²) in [6.45, 7) is 4.53. The number of likely N-dealkylation sites (N-methyl/N-ethyl adjacent to an activating group) is 1. The average molecular weight is 841 g/mol. The molecule has 344 valence electrons. The predicted octanol–water partition coefficient (Wildman–Crippen LogP) is 13.5.